The highest BCUT2D eigenvalue weighted by atomic mass is 15.5. The van der Waals surface area contributed by atoms with Crippen molar-refractivity contribution in [2.45, 2.75) is 32.9 Å². The van der Waals surface area contributed by atoms with Crippen LogP contribution in [-0.4, -0.2) is 35.4 Å². The first kappa shape index (κ1) is 21.7. The van der Waals surface area contributed by atoms with Gasteiger partial charge in [-0.1, -0.05) is 79.7 Å². The van der Waals surface area contributed by atoms with Gasteiger partial charge < -0.3 is 5.73 Å². The number of rotatable bonds is 8. The molecule has 0 radical (unpaired) electrons. The molecule has 5 aromatic rings. The minimum atomic E-state index is 0.548. The van der Waals surface area contributed by atoms with Crippen molar-refractivity contribution in [3.8, 4) is 22.5 Å². The van der Waals surface area contributed by atoms with Gasteiger partial charge in [-0.15, -0.1) is 10.2 Å². The highest BCUT2D eigenvalue weighted by molar-refractivity contribution is 5.80. The van der Waals surface area contributed by atoms with Crippen LogP contribution in [0.25, 0.3) is 22.5 Å². The Morgan fingerprint density at radius 3 is 2.24 bits per heavy atom. The van der Waals surface area contributed by atoms with Gasteiger partial charge in [0.05, 0.1) is 6.54 Å². The molecule has 3 aromatic carbocycles. The van der Waals surface area contributed by atoms with E-state index in [4.69, 9.17) is 15.8 Å². The number of aromatic nitrogens is 7. The van der Waals surface area contributed by atoms with E-state index in [-0.39, 0.29) is 0 Å². The number of nitrogens with two attached hydrogens (primary N) is 1. The molecule has 8 heteroatoms. The summed E-state index contributed by atoms with van der Waals surface area (Å²) < 4.78 is 2.01. The molecule has 0 atom stereocenters. The minimum absolute atomic E-state index is 0.548. The number of nitrogens with one attached hydrogen (secondary N) is 1. The van der Waals surface area contributed by atoms with Gasteiger partial charge in [0.1, 0.15) is 5.82 Å². The van der Waals surface area contributed by atoms with E-state index in [0.717, 1.165) is 52.3 Å². The van der Waals surface area contributed by atoms with Crippen molar-refractivity contribution < 1.29 is 0 Å². The molecule has 0 bridgehead atoms. The summed E-state index contributed by atoms with van der Waals surface area (Å²) in [5.74, 6) is 2.40. The third-order valence-corrected chi connectivity index (χ3v) is 5.84. The Hall–Kier alpha value is -4.17. The summed E-state index contributed by atoms with van der Waals surface area (Å²) in [5.41, 5.74) is 12.3. The van der Waals surface area contributed by atoms with Crippen LogP contribution in [0.2, 0.25) is 0 Å². The van der Waals surface area contributed by atoms with Crippen molar-refractivity contribution in [3.63, 3.8) is 0 Å². The quantitative estimate of drug-likeness (QED) is 0.372. The van der Waals surface area contributed by atoms with Gasteiger partial charge in [0.15, 0.2) is 5.82 Å². The smallest absolute Gasteiger partial charge is 0.205 e. The van der Waals surface area contributed by atoms with Crippen LogP contribution in [0.4, 0.5) is 0 Å². The van der Waals surface area contributed by atoms with Crippen molar-refractivity contribution >= 4 is 0 Å². The Morgan fingerprint density at radius 2 is 1.56 bits per heavy atom. The lowest BCUT2D eigenvalue weighted by Crippen LogP contribution is -2.08. The van der Waals surface area contributed by atoms with Crippen molar-refractivity contribution in [3.05, 3.63) is 101 Å². The first-order valence-corrected chi connectivity index (χ1v) is 11.4. The number of nitrogens with zero attached hydrogens (tertiary/aromatic N) is 6. The summed E-state index contributed by atoms with van der Waals surface area (Å²) in [6.07, 6.45) is 1.53. The Bertz CT molecular complexity index is 1350. The van der Waals surface area contributed by atoms with Crippen LogP contribution >= 0.6 is 0 Å². The lowest BCUT2D eigenvalue weighted by Gasteiger charge is -2.10. The van der Waals surface area contributed by atoms with Crippen molar-refractivity contribution in [1.82, 2.24) is 35.4 Å². The summed E-state index contributed by atoms with van der Waals surface area (Å²) in [7, 11) is 0. The molecule has 8 nitrogen and oxygen atoms in total. The molecule has 5 rings (SSSR count). The van der Waals surface area contributed by atoms with Gasteiger partial charge in [0.2, 0.25) is 5.82 Å². The average Bonchev–Trinajstić information content (AvgIpc) is 3.56. The van der Waals surface area contributed by atoms with Gasteiger partial charge >= 0.3 is 0 Å². The first-order valence-electron chi connectivity index (χ1n) is 11.4. The maximum atomic E-state index is 5.73. The molecule has 0 fully saturated rings. The Labute approximate surface area is 197 Å². The van der Waals surface area contributed by atoms with Gasteiger partial charge in [-0.05, 0) is 33.0 Å². The van der Waals surface area contributed by atoms with E-state index in [9.17, 15) is 0 Å². The van der Waals surface area contributed by atoms with E-state index < -0.39 is 0 Å². The second-order valence-electron chi connectivity index (χ2n) is 8.13. The fourth-order valence-electron chi connectivity index (χ4n) is 3.98. The largest absolute Gasteiger partial charge is 0.326 e. The zero-order valence-corrected chi connectivity index (χ0v) is 19.0. The van der Waals surface area contributed by atoms with Crippen molar-refractivity contribution in [1.29, 1.82) is 0 Å². The van der Waals surface area contributed by atoms with Crippen LogP contribution in [0.15, 0.2) is 72.8 Å². The number of tetrazole rings is 1. The molecule has 2 heterocycles. The van der Waals surface area contributed by atoms with Crippen molar-refractivity contribution in [2.75, 3.05) is 0 Å². The average molecular weight is 451 g/mol. The lowest BCUT2D eigenvalue weighted by molar-refractivity contribution is 0.641. The van der Waals surface area contributed by atoms with Crippen LogP contribution in [-0.2, 0) is 25.9 Å². The molecule has 0 saturated heterocycles. The van der Waals surface area contributed by atoms with E-state index in [1.807, 2.05) is 22.9 Å². The van der Waals surface area contributed by atoms with Gasteiger partial charge in [0.25, 0.3) is 0 Å². The second-order valence-corrected chi connectivity index (χ2v) is 8.13. The number of hydrogen-bond donors (Lipinski definition) is 2. The maximum Gasteiger partial charge on any atom is 0.205 e. The zero-order valence-electron chi connectivity index (χ0n) is 19.0. The van der Waals surface area contributed by atoms with Gasteiger partial charge in [-0.25, -0.2) is 9.67 Å². The van der Waals surface area contributed by atoms with Crippen LogP contribution in [0.5, 0.6) is 0 Å². The zero-order chi connectivity index (χ0) is 23.3. The summed E-state index contributed by atoms with van der Waals surface area (Å²) in [4.78, 5) is 4.77. The molecule has 0 aliphatic carbocycles. The summed E-state index contributed by atoms with van der Waals surface area (Å²) in [6.45, 7) is 3.29. The Kier molecular flexibility index (Phi) is 6.22. The fourth-order valence-corrected chi connectivity index (χ4v) is 3.98. The molecule has 34 heavy (non-hydrogen) atoms. The van der Waals surface area contributed by atoms with Gasteiger partial charge in [-0.2, -0.15) is 10.3 Å². The second kappa shape index (κ2) is 9.76. The normalized spacial score (nSPS) is 11.1. The standard InChI is InChI=1S/C26H26N8/c1-2-24-28-25(15-18-7-9-19(16-27)10-8-18)34(31-24)17-20-11-13-21(14-12-20)22-5-3-4-6-23(22)26-29-32-33-30-26/h3-14H,2,15-17,27H2,1H3,(H,29,30,32,33). The fraction of sp³-hybridized carbons (Fsp3) is 0.192. The van der Waals surface area contributed by atoms with Crippen LogP contribution < -0.4 is 5.73 Å². The van der Waals surface area contributed by atoms with Crippen LogP contribution in [0.3, 0.4) is 0 Å². The number of aryl methyl sites for hydroxylation is 1. The Balaban J connectivity index is 1.38. The van der Waals surface area contributed by atoms with Crippen molar-refractivity contribution in [2.24, 2.45) is 5.73 Å². The maximum absolute atomic E-state index is 5.73. The molecule has 0 unspecified atom stereocenters. The Morgan fingerprint density at radius 1 is 0.853 bits per heavy atom. The molecule has 0 aliphatic heterocycles. The molecular formula is C26H26N8. The molecule has 2 aromatic heterocycles. The highest BCUT2D eigenvalue weighted by Crippen LogP contribution is 2.29. The lowest BCUT2D eigenvalue weighted by atomic mass is 9.98. The topological polar surface area (TPSA) is 111 Å². The number of benzene rings is 3. The number of H-pyrrole nitrogens is 1. The highest BCUT2D eigenvalue weighted by Gasteiger charge is 2.13. The monoisotopic (exact) mass is 450 g/mol. The third-order valence-electron chi connectivity index (χ3n) is 5.84. The predicted octanol–water partition coefficient (Wildman–Crippen LogP) is 3.79. The molecule has 0 saturated carbocycles. The molecule has 170 valence electrons. The van der Waals surface area contributed by atoms with Crippen LogP contribution in [0, 0.1) is 0 Å². The molecule has 0 spiro atoms. The van der Waals surface area contributed by atoms with E-state index in [2.05, 4.69) is 82.1 Å². The minimum Gasteiger partial charge on any atom is -0.326 e. The molecule has 3 N–H and O–H groups in total. The van der Waals surface area contributed by atoms with Crippen LogP contribution in [0.1, 0.15) is 35.3 Å². The van der Waals surface area contributed by atoms with E-state index in [1.165, 1.54) is 5.56 Å². The van der Waals surface area contributed by atoms with Gasteiger partial charge in [0, 0.05) is 24.9 Å². The number of aromatic amines is 1. The van der Waals surface area contributed by atoms with E-state index in [1.54, 1.807) is 0 Å². The number of hydrogen-bond acceptors (Lipinski definition) is 6. The molecule has 0 amide bonds. The van der Waals surface area contributed by atoms with E-state index in [0.29, 0.717) is 18.9 Å². The molecule has 0 aliphatic rings. The predicted molar refractivity (Wildman–Crippen MR) is 131 cm³/mol. The summed E-state index contributed by atoms with van der Waals surface area (Å²) in [6, 6.07) is 24.9. The third kappa shape index (κ3) is 4.62. The van der Waals surface area contributed by atoms with E-state index >= 15 is 0 Å². The first-order chi connectivity index (χ1) is 16.7. The summed E-state index contributed by atoms with van der Waals surface area (Å²) >= 11 is 0. The van der Waals surface area contributed by atoms with Gasteiger partial charge in [-0.3, -0.25) is 0 Å². The SMILES string of the molecule is CCc1nc(Cc2ccc(CN)cc2)n(Cc2ccc(-c3ccccc3-c3nn[nH]n3)cc2)n1. The molecular weight excluding hydrogens is 424 g/mol. The summed E-state index contributed by atoms with van der Waals surface area (Å²) in [5, 5.41) is 19.2.